The number of aromatic nitrogens is 4. The second-order valence-corrected chi connectivity index (χ2v) is 5.52. The molecular weight excluding hydrogens is 318 g/mol. The minimum atomic E-state index is -0.0917. The van der Waals surface area contributed by atoms with Gasteiger partial charge in [0.25, 0.3) is 0 Å². The van der Waals surface area contributed by atoms with Crippen molar-refractivity contribution < 1.29 is 13.9 Å². The summed E-state index contributed by atoms with van der Waals surface area (Å²) in [5, 5.41) is 15.9. The highest BCUT2D eigenvalue weighted by Crippen LogP contribution is 2.20. The summed E-state index contributed by atoms with van der Waals surface area (Å²) >= 11 is 1.27. The molecule has 0 spiro atoms. The molecule has 23 heavy (non-hydrogen) atoms. The molecule has 3 rings (SSSR count). The van der Waals surface area contributed by atoms with Gasteiger partial charge < -0.3 is 14.5 Å². The Morgan fingerprint density at radius 3 is 3.09 bits per heavy atom. The van der Waals surface area contributed by atoms with Crippen LogP contribution in [0.2, 0.25) is 0 Å². The highest BCUT2D eigenvalue weighted by atomic mass is 32.2. The van der Waals surface area contributed by atoms with E-state index in [-0.39, 0.29) is 11.7 Å². The van der Waals surface area contributed by atoms with Crippen LogP contribution in [0.1, 0.15) is 0 Å². The van der Waals surface area contributed by atoms with Gasteiger partial charge >= 0.3 is 0 Å². The van der Waals surface area contributed by atoms with E-state index in [1.54, 1.807) is 30.0 Å². The van der Waals surface area contributed by atoms with Gasteiger partial charge in [-0.05, 0) is 24.3 Å². The number of hydrogen-bond donors (Lipinski definition) is 1. The Kier molecular flexibility index (Phi) is 4.89. The van der Waals surface area contributed by atoms with Crippen LogP contribution >= 0.6 is 11.8 Å². The Hall–Kier alpha value is -2.39. The van der Waals surface area contributed by atoms with Crippen molar-refractivity contribution >= 4 is 23.3 Å². The SMILES string of the molecule is COCCNC(=O)CSc1nnc2ccc(-c3ccco3)nn12. The van der Waals surface area contributed by atoms with Crippen LogP contribution in [0.4, 0.5) is 0 Å². The highest BCUT2D eigenvalue weighted by molar-refractivity contribution is 7.99. The summed E-state index contributed by atoms with van der Waals surface area (Å²) in [7, 11) is 1.59. The fourth-order valence-electron chi connectivity index (χ4n) is 1.89. The van der Waals surface area contributed by atoms with Gasteiger partial charge in [-0.1, -0.05) is 11.8 Å². The standard InChI is InChI=1S/C14H15N5O3S/c1-21-8-6-15-13(20)9-23-14-17-16-12-5-4-10(18-19(12)14)11-3-2-7-22-11/h2-5,7H,6,8-9H2,1H3,(H,15,20). The summed E-state index contributed by atoms with van der Waals surface area (Å²) < 4.78 is 11.8. The maximum atomic E-state index is 11.7. The molecule has 3 aromatic rings. The van der Waals surface area contributed by atoms with E-state index in [0.29, 0.717) is 35.4 Å². The van der Waals surface area contributed by atoms with E-state index in [1.807, 2.05) is 12.1 Å². The van der Waals surface area contributed by atoms with Crippen LogP contribution in [0.3, 0.4) is 0 Å². The zero-order valence-corrected chi connectivity index (χ0v) is 13.2. The summed E-state index contributed by atoms with van der Waals surface area (Å²) in [6, 6.07) is 7.25. The number of furan rings is 1. The number of amides is 1. The fraction of sp³-hybridized carbons (Fsp3) is 0.286. The number of rotatable bonds is 7. The van der Waals surface area contributed by atoms with Crippen molar-refractivity contribution in [3.63, 3.8) is 0 Å². The topological polar surface area (TPSA) is 94.5 Å². The van der Waals surface area contributed by atoms with Gasteiger partial charge in [-0.25, -0.2) is 0 Å². The second kappa shape index (κ2) is 7.25. The van der Waals surface area contributed by atoms with E-state index in [9.17, 15) is 4.79 Å². The Morgan fingerprint density at radius 2 is 2.30 bits per heavy atom. The van der Waals surface area contributed by atoms with Gasteiger partial charge in [-0.2, -0.15) is 9.61 Å². The summed E-state index contributed by atoms with van der Waals surface area (Å²) in [4.78, 5) is 11.7. The predicted molar refractivity (Wildman–Crippen MR) is 84.1 cm³/mol. The number of fused-ring (bicyclic) bond motifs is 1. The number of thioether (sulfide) groups is 1. The molecule has 0 aliphatic carbocycles. The predicted octanol–water partition coefficient (Wildman–Crippen LogP) is 1.24. The largest absolute Gasteiger partial charge is 0.463 e. The monoisotopic (exact) mass is 333 g/mol. The lowest BCUT2D eigenvalue weighted by Crippen LogP contribution is -2.28. The number of nitrogens with zero attached hydrogens (tertiary/aromatic N) is 4. The van der Waals surface area contributed by atoms with Crippen LogP contribution in [0.5, 0.6) is 0 Å². The molecule has 1 amide bonds. The maximum absolute atomic E-state index is 11.7. The van der Waals surface area contributed by atoms with Crippen LogP contribution in [0, 0.1) is 0 Å². The molecule has 0 atom stereocenters. The van der Waals surface area contributed by atoms with Crippen LogP contribution < -0.4 is 5.32 Å². The average molecular weight is 333 g/mol. The lowest BCUT2D eigenvalue weighted by Gasteiger charge is -2.03. The molecule has 8 nitrogen and oxygen atoms in total. The first-order chi connectivity index (χ1) is 11.3. The van der Waals surface area contributed by atoms with Gasteiger partial charge in [-0.15, -0.1) is 10.2 Å². The lowest BCUT2D eigenvalue weighted by molar-refractivity contribution is -0.118. The Morgan fingerprint density at radius 1 is 1.39 bits per heavy atom. The summed E-state index contributed by atoms with van der Waals surface area (Å²) in [5.74, 6) is 0.803. The van der Waals surface area contributed by atoms with Crippen molar-refractivity contribution in [3.05, 3.63) is 30.5 Å². The van der Waals surface area contributed by atoms with E-state index in [1.165, 1.54) is 11.8 Å². The third-order valence-electron chi connectivity index (χ3n) is 2.97. The van der Waals surface area contributed by atoms with Crippen molar-refractivity contribution in [1.29, 1.82) is 0 Å². The molecule has 0 fully saturated rings. The molecule has 120 valence electrons. The lowest BCUT2D eigenvalue weighted by atomic mass is 10.3. The van der Waals surface area contributed by atoms with Gasteiger partial charge in [0, 0.05) is 13.7 Å². The fourth-order valence-corrected chi connectivity index (χ4v) is 2.61. The molecular formula is C14H15N5O3S. The summed E-state index contributed by atoms with van der Waals surface area (Å²) in [6.07, 6.45) is 1.59. The molecule has 0 saturated carbocycles. The minimum Gasteiger partial charge on any atom is -0.463 e. The smallest absolute Gasteiger partial charge is 0.230 e. The molecule has 0 bridgehead atoms. The van der Waals surface area contributed by atoms with Crippen molar-refractivity contribution in [2.24, 2.45) is 0 Å². The van der Waals surface area contributed by atoms with E-state index < -0.39 is 0 Å². The van der Waals surface area contributed by atoms with Gasteiger partial charge in [0.15, 0.2) is 11.4 Å². The Balaban J connectivity index is 1.71. The van der Waals surface area contributed by atoms with Crippen LogP contribution in [0.15, 0.2) is 40.1 Å². The molecule has 0 unspecified atom stereocenters. The first-order valence-electron chi connectivity index (χ1n) is 6.92. The first-order valence-corrected chi connectivity index (χ1v) is 7.91. The number of carbonyl (C=O) groups is 1. The van der Waals surface area contributed by atoms with Gasteiger partial charge in [0.1, 0.15) is 5.69 Å². The maximum Gasteiger partial charge on any atom is 0.230 e. The summed E-state index contributed by atoms with van der Waals surface area (Å²) in [6.45, 7) is 0.968. The van der Waals surface area contributed by atoms with E-state index in [2.05, 4.69) is 20.6 Å². The molecule has 3 aromatic heterocycles. The zero-order chi connectivity index (χ0) is 16.1. The van der Waals surface area contributed by atoms with Crippen molar-refractivity contribution in [2.75, 3.05) is 26.0 Å². The van der Waals surface area contributed by atoms with Crippen molar-refractivity contribution in [2.45, 2.75) is 5.16 Å². The van der Waals surface area contributed by atoms with Crippen LogP contribution in [-0.2, 0) is 9.53 Å². The van der Waals surface area contributed by atoms with Gasteiger partial charge in [-0.3, -0.25) is 4.79 Å². The number of methoxy groups -OCH3 is 1. The van der Waals surface area contributed by atoms with E-state index in [0.717, 1.165) is 0 Å². The molecule has 3 heterocycles. The van der Waals surface area contributed by atoms with E-state index in [4.69, 9.17) is 9.15 Å². The zero-order valence-electron chi connectivity index (χ0n) is 12.4. The van der Waals surface area contributed by atoms with Crippen molar-refractivity contribution in [1.82, 2.24) is 25.1 Å². The van der Waals surface area contributed by atoms with Crippen LogP contribution in [-0.4, -0.2) is 51.7 Å². The third kappa shape index (κ3) is 3.69. The highest BCUT2D eigenvalue weighted by Gasteiger charge is 2.12. The average Bonchev–Trinajstić information content (AvgIpc) is 3.22. The van der Waals surface area contributed by atoms with Gasteiger partial charge in [0.05, 0.1) is 18.6 Å². The molecule has 0 aliphatic heterocycles. The second-order valence-electron chi connectivity index (χ2n) is 4.58. The molecule has 0 radical (unpaired) electrons. The Labute approximate surface area is 136 Å². The number of ether oxygens (including phenoxy) is 1. The molecule has 0 aliphatic rings. The molecule has 9 heteroatoms. The van der Waals surface area contributed by atoms with Crippen LogP contribution in [0.25, 0.3) is 17.1 Å². The Bertz CT molecular complexity index is 787. The molecule has 0 saturated heterocycles. The minimum absolute atomic E-state index is 0.0917. The first kappa shape index (κ1) is 15.5. The normalized spacial score (nSPS) is 11.0. The third-order valence-corrected chi connectivity index (χ3v) is 3.89. The quantitative estimate of drug-likeness (QED) is 0.513. The number of nitrogens with one attached hydrogen (secondary N) is 1. The summed E-state index contributed by atoms with van der Waals surface area (Å²) in [5.41, 5.74) is 1.29. The molecule has 1 N–H and O–H groups in total. The van der Waals surface area contributed by atoms with Gasteiger partial charge in [0.2, 0.25) is 11.1 Å². The number of hydrogen-bond acceptors (Lipinski definition) is 7. The molecule has 0 aromatic carbocycles. The number of carbonyl (C=O) groups excluding carboxylic acids is 1. The van der Waals surface area contributed by atoms with Crippen molar-refractivity contribution in [3.8, 4) is 11.5 Å². The van der Waals surface area contributed by atoms with E-state index >= 15 is 0 Å².